The summed E-state index contributed by atoms with van der Waals surface area (Å²) in [6.45, 7) is -1.46. The molecule has 0 aromatic carbocycles. The first kappa shape index (κ1) is 22.2. The van der Waals surface area contributed by atoms with Gasteiger partial charge in [-0.3, -0.25) is 0 Å². The molecule has 3 rings (SSSR count). The van der Waals surface area contributed by atoms with Crippen molar-refractivity contribution in [1.29, 1.82) is 0 Å². The molecular formula is C15H26O13. The Morgan fingerprint density at radius 3 is 1.68 bits per heavy atom. The molecule has 0 bridgehead atoms. The lowest BCUT2D eigenvalue weighted by Gasteiger charge is -2.26. The molecule has 3 aliphatic heterocycles. The van der Waals surface area contributed by atoms with Gasteiger partial charge in [0.2, 0.25) is 0 Å². The van der Waals surface area contributed by atoms with Crippen molar-refractivity contribution in [1.82, 2.24) is 0 Å². The zero-order valence-corrected chi connectivity index (χ0v) is 14.7. The van der Waals surface area contributed by atoms with Gasteiger partial charge < -0.3 is 64.5 Å². The molecular weight excluding hydrogens is 388 g/mol. The fraction of sp³-hybridized carbons (Fsp3) is 1.00. The van der Waals surface area contributed by atoms with Gasteiger partial charge >= 0.3 is 0 Å². The standard InChI is InChI=1S/C15H26O13/c16-1-4-7(18)9(20)14(26-4)24-3-6-12(11(22)13(23)25-6)28-15-10(21)8(19)5(2-17)27-15/h4-23H,1-3H2/t4-,5-,6-,7-,8-,9+,10+,11+,12-,13+,14+,15-/m0/s1. The van der Waals surface area contributed by atoms with Gasteiger partial charge in [-0.1, -0.05) is 0 Å². The molecule has 0 aromatic rings. The van der Waals surface area contributed by atoms with E-state index in [1.54, 1.807) is 0 Å². The van der Waals surface area contributed by atoms with Crippen LogP contribution in [0, 0.1) is 0 Å². The summed E-state index contributed by atoms with van der Waals surface area (Å²) in [5, 5.41) is 77.3. The second kappa shape index (κ2) is 9.09. The van der Waals surface area contributed by atoms with Crippen LogP contribution in [0.4, 0.5) is 0 Å². The number of aliphatic hydroxyl groups is 8. The van der Waals surface area contributed by atoms with Gasteiger partial charge in [0, 0.05) is 0 Å². The highest BCUT2D eigenvalue weighted by Gasteiger charge is 2.51. The SMILES string of the molecule is OC[C@@H]1O[C@@H](OC[C@@H]2O[C@@H](O)[C@H](O)[C@H]2O[C@@H]2O[C@@H](CO)[C@H](O)[C@H]2O)[C@H](O)[C@H]1O. The van der Waals surface area contributed by atoms with E-state index in [0.717, 1.165) is 0 Å². The van der Waals surface area contributed by atoms with Gasteiger partial charge in [0.05, 0.1) is 19.8 Å². The highest BCUT2D eigenvalue weighted by molar-refractivity contribution is 4.92. The van der Waals surface area contributed by atoms with Crippen molar-refractivity contribution in [3.63, 3.8) is 0 Å². The van der Waals surface area contributed by atoms with Crippen LogP contribution in [-0.2, 0) is 23.7 Å². The molecule has 0 aromatic heterocycles. The van der Waals surface area contributed by atoms with Crippen LogP contribution in [-0.4, -0.2) is 134 Å². The van der Waals surface area contributed by atoms with E-state index in [9.17, 15) is 30.6 Å². The molecule has 164 valence electrons. The first-order valence-corrected chi connectivity index (χ1v) is 8.82. The Kier molecular flexibility index (Phi) is 7.20. The Hall–Kier alpha value is -0.520. The number of ether oxygens (including phenoxy) is 5. The van der Waals surface area contributed by atoms with Crippen LogP contribution in [0.2, 0.25) is 0 Å². The van der Waals surface area contributed by atoms with Crippen molar-refractivity contribution in [3.05, 3.63) is 0 Å². The van der Waals surface area contributed by atoms with Crippen LogP contribution in [0.3, 0.4) is 0 Å². The average Bonchev–Trinajstić information content (AvgIpc) is 3.23. The van der Waals surface area contributed by atoms with E-state index in [1.807, 2.05) is 0 Å². The van der Waals surface area contributed by atoms with Crippen LogP contribution in [0.15, 0.2) is 0 Å². The molecule has 28 heavy (non-hydrogen) atoms. The second-order valence-corrected chi connectivity index (χ2v) is 6.90. The number of hydrogen-bond acceptors (Lipinski definition) is 13. The third-order valence-electron chi connectivity index (χ3n) is 5.02. The van der Waals surface area contributed by atoms with E-state index < -0.39 is 87.0 Å². The summed E-state index contributed by atoms with van der Waals surface area (Å²) in [6.07, 6.45) is -16.1. The number of aliphatic hydroxyl groups excluding tert-OH is 8. The summed E-state index contributed by atoms with van der Waals surface area (Å²) in [7, 11) is 0. The van der Waals surface area contributed by atoms with E-state index in [2.05, 4.69) is 0 Å². The van der Waals surface area contributed by atoms with E-state index in [0.29, 0.717) is 0 Å². The largest absolute Gasteiger partial charge is 0.394 e. The Bertz CT molecular complexity index is 508. The van der Waals surface area contributed by atoms with Crippen LogP contribution in [0.25, 0.3) is 0 Å². The first-order chi connectivity index (χ1) is 13.3. The second-order valence-electron chi connectivity index (χ2n) is 6.90. The molecule has 13 nitrogen and oxygen atoms in total. The molecule has 0 unspecified atom stereocenters. The van der Waals surface area contributed by atoms with Crippen molar-refractivity contribution in [3.8, 4) is 0 Å². The molecule has 0 radical (unpaired) electrons. The van der Waals surface area contributed by atoms with Gasteiger partial charge in [0.1, 0.15) is 54.9 Å². The van der Waals surface area contributed by atoms with Gasteiger partial charge in [-0.2, -0.15) is 0 Å². The van der Waals surface area contributed by atoms with Crippen LogP contribution in [0.5, 0.6) is 0 Å². The molecule has 3 saturated heterocycles. The number of hydrogen-bond donors (Lipinski definition) is 8. The topological polar surface area (TPSA) is 208 Å². The van der Waals surface area contributed by atoms with Crippen molar-refractivity contribution in [2.45, 2.75) is 73.8 Å². The van der Waals surface area contributed by atoms with Crippen molar-refractivity contribution in [2.24, 2.45) is 0 Å². The summed E-state index contributed by atoms with van der Waals surface area (Å²) in [4.78, 5) is 0. The third-order valence-corrected chi connectivity index (χ3v) is 5.02. The van der Waals surface area contributed by atoms with Crippen molar-refractivity contribution in [2.75, 3.05) is 19.8 Å². The normalized spacial score (nSPS) is 51.9. The summed E-state index contributed by atoms with van der Waals surface area (Å²) >= 11 is 0. The minimum Gasteiger partial charge on any atom is -0.394 e. The maximum atomic E-state index is 10.1. The maximum absolute atomic E-state index is 10.1. The van der Waals surface area contributed by atoms with Gasteiger partial charge in [0.25, 0.3) is 0 Å². The van der Waals surface area contributed by atoms with E-state index in [-0.39, 0.29) is 6.61 Å². The first-order valence-electron chi connectivity index (χ1n) is 8.82. The fourth-order valence-corrected chi connectivity index (χ4v) is 3.35. The molecule has 0 spiro atoms. The fourth-order valence-electron chi connectivity index (χ4n) is 3.35. The smallest absolute Gasteiger partial charge is 0.187 e. The Morgan fingerprint density at radius 2 is 1.14 bits per heavy atom. The third kappa shape index (κ3) is 4.17. The van der Waals surface area contributed by atoms with Crippen LogP contribution >= 0.6 is 0 Å². The summed E-state index contributed by atoms with van der Waals surface area (Å²) in [6, 6.07) is 0. The van der Waals surface area contributed by atoms with Gasteiger partial charge in [-0.15, -0.1) is 0 Å². The minimum absolute atomic E-state index is 0.361. The van der Waals surface area contributed by atoms with Gasteiger partial charge in [-0.05, 0) is 0 Å². The lowest BCUT2D eigenvalue weighted by Crippen LogP contribution is -2.44. The van der Waals surface area contributed by atoms with Gasteiger partial charge in [-0.25, -0.2) is 0 Å². The molecule has 0 saturated carbocycles. The van der Waals surface area contributed by atoms with E-state index >= 15 is 0 Å². The molecule has 3 heterocycles. The molecule has 0 aliphatic carbocycles. The monoisotopic (exact) mass is 414 g/mol. The summed E-state index contributed by atoms with van der Waals surface area (Å²) < 4.78 is 26.2. The lowest BCUT2D eigenvalue weighted by molar-refractivity contribution is -0.227. The van der Waals surface area contributed by atoms with Gasteiger partial charge in [0.15, 0.2) is 18.9 Å². The molecule has 0 amide bonds. The highest BCUT2D eigenvalue weighted by Crippen LogP contribution is 2.30. The predicted octanol–water partition coefficient (Wildman–Crippen LogP) is -5.66. The minimum atomic E-state index is -1.64. The van der Waals surface area contributed by atoms with E-state index in [1.165, 1.54) is 0 Å². The molecule has 3 fully saturated rings. The van der Waals surface area contributed by atoms with Crippen LogP contribution < -0.4 is 0 Å². The zero-order valence-electron chi connectivity index (χ0n) is 14.7. The summed E-state index contributed by atoms with van der Waals surface area (Å²) in [5.41, 5.74) is 0. The molecule has 3 aliphatic rings. The average molecular weight is 414 g/mol. The van der Waals surface area contributed by atoms with E-state index in [4.69, 9.17) is 33.9 Å². The molecule has 13 heteroatoms. The van der Waals surface area contributed by atoms with Crippen LogP contribution in [0.1, 0.15) is 0 Å². The lowest BCUT2D eigenvalue weighted by atomic mass is 10.1. The van der Waals surface area contributed by atoms with Crippen molar-refractivity contribution < 1.29 is 64.5 Å². The Balaban J connectivity index is 1.59. The molecule has 12 atom stereocenters. The number of rotatable bonds is 7. The Morgan fingerprint density at radius 1 is 0.607 bits per heavy atom. The Labute approximate surface area is 159 Å². The quantitative estimate of drug-likeness (QED) is 0.196. The van der Waals surface area contributed by atoms with Crippen molar-refractivity contribution >= 4 is 0 Å². The summed E-state index contributed by atoms with van der Waals surface area (Å²) in [5.74, 6) is 0. The maximum Gasteiger partial charge on any atom is 0.187 e. The predicted molar refractivity (Wildman–Crippen MR) is 83.2 cm³/mol. The highest BCUT2D eigenvalue weighted by atomic mass is 16.7. The zero-order chi connectivity index (χ0) is 20.6. The molecule has 8 N–H and O–H groups in total.